The summed E-state index contributed by atoms with van der Waals surface area (Å²) in [4.78, 5) is 25.9. The quantitative estimate of drug-likeness (QED) is 0.536. The molecule has 3 aromatic rings. The van der Waals surface area contributed by atoms with E-state index < -0.39 is 6.04 Å². The van der Waals surface area contributed by atoms with Gasteiger partial charge in [0.2, 0.25) is 11.8 Å². The highest BCUT2D eigenvalue weighted by atomic mass is 19.1. The van der Waals surface area contributed by atoms with Crippen molar-refractivity contribution < 1.29 is 33.9 Å². The zero-order valence-corrected chi connectivity index (χ0v) is 20.5. The smallest absolute Gasteiger partial charge is 0.249 e. The first-order chi connectivity index (χ1) is 15.8. The van der Waals surface area contributed by atoms with Crippen LogP contribution in [0.5, 0.6) is 5.75 Å². The summed E-state index contributed by atoms with van der Waals surface area (Å²) in [6, 6.07) is 23.0. The van der Waals surface area contributed by atoms with Gasteiger partial charge >= 0.3 is 0 Å². The Balaban J connectivity index is -0.000000385. The lowest BCUT2D eigenvalue weighted by molar-refractivity contribution is -0.126. The number of aryl methyl sites for hydroxylation is 2. The lowest BCUT2D eigenvalue weighted by Crippen LogP contribution is -2.47. The van der Waals surface area contributed by atoms with Crippen molar-refractivity contribution in [3.05, 3.63) is 95.8 Å². The van der Waals surface area contributed by atoms with Crippen molar-refractivity contribution in [1.29, 1.82) is 0 Å². The van der Waals surface area contributed by atoms with Crippen molar-refractivity contribution in [3.63, 3.8) is 0 Å². The minimum Gasteiger partial charge on any atom is -0.497 e. The van der Waals surface area contributed by atoms with Gasteiger partial charge in [0.25, 0.3) is 0 Å². The molecule has 0 saturated carbocycles. The molecular formula is C27H41FN2O5. The summed E-state index contributed by atoms with van der Waals surface area (Å²) in [5, 5.41) is 2.77. The number of methoxy groups -OCH3 is 1. The molecule has 0 spiro atoms. The maximum atomic E-state index is 12.8. The standard InChI is InChI=1S/C20H24N2O3.C7H7F.2H2O.3H2/c1-15(23)21-19(14-9-16-7-5-4-6-8-16)20(24)22(2)17-10-12-18(25-3)13-11-17;1-6-2-4-7(8)5-3-6;;;;;/h4-8,10-13,19H,9,14H2,1-3H3,(H,21,23);2-5H,1H3;2*1H2;3*1H/t19-;;;;;;/m0....../s1. The Morgan fingerprint density at radius 2 is 1.54 bits per heavy atom. The summed E-state index contributed by atoms with van der Waals surface area (Å²) in [7, 11) is 3.31. The highest BCUT2D eigenvalue weighted by Gasteiger charge is 2.23. The number of nitrogens with zero attached hydrogens (tertiary/aromatic N) is 1. The molecule has 2 amide bonds. The number of hydrogen-bond donors (Lipinski definition) is 1. The summed E-state index contributed by atoms with van der Waals surface area (Å²) in [5.41, 5.74) is 2.98. The molecule has 1 atom stereocenters. The molecule has 0 fully saturated rings. The van der Waals surface area contributed by atoms with Crippen LogP contribution in [0.15, 0.2) is 78.9 Å². The predicted molar refractivity (Wildman–Crippen MR) is 143 cm³/mol. The van der Waals surface area contributed by atoms with E-state index in [1.54, 1.807) is 43.3 Å². The second-order valence-electron chi connectivity index (χ2n) is 7.67. The molecule has 8 heteroatoms. The number of ether oxygens (including phenoxy) is 1. The monoisotopic (exact) mass is 492 g/mol. The number of rotatable bonds is 7. The minimum atomic E-state index is -0.565. The van der Waals surface area contributed by atoms with Crippen LogP contribution < -0.4 is 15.0 Å². The van der Waals surface area contributed by atoms with Gasteiger partial charge in [0.05, 0.1) is 7.11 Å². The van der Waals surface area contributed by atoms with Crippen LogP contribution in [0.4, 0.5) is 10.1 Å². The molecule has 0 saturated heterocycles. The SMILES string of the molecule is COc1ccc(N(C)C(=O)[C@H](CCc2ccccc2)NC(C)=O)cc1.Cc1ccc(F)cc1.O.O.[HH].[HH].[HH]. The lowest BCUT2D eigenvalue weighted by atomic mass is 10.0. The second-order valence-corrected chi connectivity index (χ2v) is 7.67. The largest absolute Gasteiger partial charge is 0.497 e. The van der Waals surface area contributed by atoms with Crippen LogP contribution in [0, 0.1) is 12.7 Å². The Hall–Kier alpha value is -3.75. The average Bonchev–Trinajstić information content (AvgIpc) is 2.83. The van der Waals surface area contributed by atoms with Crippen molar-refractivity contribution in [2.45, 2.75) is 32.7 Å². The van der Waals surface area contributed by atoms with Crippen LogP contribution in [-0.2, 0) is 16.0 Å². The van der Waals surface area contributed by atoms with E-state index in [-0.39, 0.29) is 32.9 Å². The molecule has 35 heavy (non-hydrogen) atoms. The summed E-state index contributed by atoms with van der Waals surface area (Å²) in [6.45, 7) is 3.36. The maximum absolute atomic E-state index is 12.8. The van der Waals surface area contributed by atoms with Crippen molar-refractivity contribution in [3.8, 4) is 5.75 Å². The molecule has 0 aromatic heterocycles. The number of halogens is 1. The Kier molecular flexibility index (Phi) is 14.3. The second kappa shape index (κ2) is 16.0. The van der Waals surface area contributed by atoms with Crippen molar-refractivity contribution in [1.82, 2.24) is 5.32 Å². The molecule has 0 aliphatic carbocycles. The predicted octanol–water partition coefficient (Wildman–Crippen LogP) is 4.02. The van der Waals surface area contributed by atoms with E-state index in [2.05, 4.69) is 5.32 Å². The van der Waals surface area contributed by atoms with Crippen LogP contribution in [0.3, 0.4) is 0 Å². The average molecular weight is 493 g/mol. The van der Waals surface area contributed by atoms with Crippen molar-refractivity contribution in [2.24, 2.45) is 0 Å². The molecule has 0 heterocycles. The highest BCUT2D eigenvalue weighted by molar-refractivity contribution is 5.98. The van der Waals surface area contributed by atoms with Crippen LogP contribution in [0.2, 0.25) is 0 Å². The molecule has 0 bridgehead atoms. The third kappa shape index (κ3) is 10.8. The van der Waals surface area contributed by atoms with Gasteiger partial charge in [0, 0.05) is 23.9 Å². The van der Waals surface area contributed by atoms with E-state index in [4.69, 9.17) is 4.74 Å². The Bertz CT molecular complexity index is 1010. The number of carbonyl (C=O) groups excluding carboxylic acids is 2. The third-order valence-corrected chi connectivity index (χ3v) is 5.04. The van der Waals surface area contributed by atoms with Crippen LogP contribution in [-0.4, -0.2) is 43.0 Å². The Morgan fingerprint density at radius 3 is 2.03 bits per heavy atom. The van der Waals surface area contributed by atoms with E-state index in [1.807, 2.05) is 49.4 Å². The van der Waals surface area contributed by atoms with Gasteiger partial charge in [0.1, 0.15) is 17.6 Å². The van der Waals surface area contributed by atoms with Gasteiger partial charge in [-0.2, -0.15) is 0 Å². The van der Waals surface area contributed by atoms with E-state index in [1.165, 1.54) is 19.1 Å². The lowest BCUT2D eigenvalue weighted by Gasteiger charge is -2.24. The number of benzene rings is 3. The summed E-state index contributed by atoms with van der Waals surface area (Å²) in [5.74, 6) is 0.202. The molecule has 5 N–H and O–H groups in total. The molecule has 0 aliphatic heterocycles. The molecule has 7 nitrogen and oxygen atoms in total. The Labute approximate surface area is 210 Å². The van der Waals surface area contributed by atoms with Gasteiger partial charge in [-0.05, 0) is 61.7 Å². The third-order valence-electron chi connectivity index (χ3n) is 5.04. The molecule has 196 valence electrons. The van der Waals surface area contributed by atoms with Crippen molar-refractivity contribution in [2.75, 3.05) is 19.1 Å². The molecule has 3 aromatic carbocycles. The fourth-order valence-electron chi connectivity index (χ4n) is 3.16. The molecule has 0 radical (unpaired) electrons. The first kappa shape index (κ1) is 31.2. The molecular weight excluding hydrogens is 451 g/mol. The Morgan fingerprint density at radius 1 is 0.971 bits per heavy atom. The van der Waals surface area contributed by atoms with E-state index in [0.29, 0.717) is 12.8 Å². The van der Waals surface area contributed by atoms with E-state index in [9.17, 15) is 14.0 Å². The van der Waals surface area contributed by atoms with Crippen LogP contribution >= 0.6 is 0 Å². The number of likely N-dealkylation sites (N-methyl/N-ethyl adjacent to an activating group) is 1. The van der Waals surface area contributed by atoms with Gasteiger partial charge in [-0.1, -0.05) is 48.0 Å². The highest BCUT2D eigenvalue weighted by Crippen LogP contribution is 2.19. The number of anilines is 1. The topological polar surface area (TPSA) is 122 Å². The molecule has 0 unspecified atom stereocenters. The zero-order chi connectivity index (χ0) is 24.2. The van der Waals surface area contributed by atoms with Crippen LogP contribution in [0.25, 0.3) is 0 Å². The number of amides is 2. The van der Waals surface area contributed by atoms with Gasteiger partial charge in [0.15, 0.2) is 0 Å². The van der Waals surface area contributed by atoms with Gasteiger partial charge in [-0.3, -0.25) is 9.59 Å². The number of nitrogens with one attached hydrogen (secondary N) is 1. The molecule has 3 rings (SSSR count). The summed E-state index contributed by atoms with van der Waals surface area (Å²) in [6.07, 6.45) is 1.26. The van der Waals surface area contributed by atoms with E-state index in [0.717, 1.165) is 22.6 Å². The number of carbonyl (C=O) groups is 2. The fraction of sp³-hybridized carbons (Fsp3) is 0.259. The van der Waals surface area contributed by atoms with Gasteiger partial charge in [-0.15, -0.1) is 0 Å². The van der Waals surface area contributed by atoms with Crippen LogP contribution in [0.1, 0.15) is 28.8 Å². The normalized spacial score (nSPS) is 10.3. The summed E-state index contributed by atoms with van der Waals surface area (Å²) < 4.78 is 17.2. The van der Waals surface area contributed by atoms with Gasteiger partial charge in [-0.25, -0.2) is 4.39 Å². The van der Waals surface area contributed by atoms with Gasteiger partial charge < -0.3 is 25.9 Å². The zero-order valence-electron chi connectivity index (χ0n) is 20.5. The summed E-state index contributed by atoms with van der Waals surface area (Å²) >= 11 is 0. The number of hydrogen-bond acceptors (Lipinski definition) is 3. The maximum Gasteiger partial charge on any atom is 0.249 e. The van der Waals surface area contributed by atoms with E-state index >= 15 is 0 Å². The fourth-order valence-corrected chi connectivity index (χ4v) is 3.16. The first-order valence-electron chi connectivity index (χ1n) is 10.7. The first-order valence-corrected chi connectivity index (χ1v) is 10.7. The van der Waals surface area contributed by atoms with Crippen molar-refractivity contribution >= 4 is 17.5 Å². The molecule has 0 aliphatic rings. The minimum absolute atomic E-state index is 0.